The highest BCUT2D eigenvalue weighted by atomic mass is 19.4. The molecule has 1 heterocycles. The molecule has 0 radical (unpaired) electrons. The minimum absolute atomic E-state index is 0.0938. The van der Waals surface area contributed by atoms with E-state index in [4.69, 9.17) is 4.74 Å². The van der Waals surface area contributed by atoms with E-state index in [0.717, 1.165) is 0 Å². The first-order chi connectivity index (χ1) is 7.40. The number of rotatable bonds is 3. The van der Waals surface area contributed by atoms with Gasteiger partial charge < -0.3 is 15.4 Å². The summed E-state index contributed by atoms with van der Waals surface area (Å²) in [5, 5.41) is 5.07. The molecule has 0 unspecified atom stereocenters. The number of halogens is 3. The number of amides is 1. The quantitative estimate of drug-likeness (QED) is 0.752. The van der Waals surface area contributed by atoms with Gasteiger partial charge in [-0.1, -0.05) is 0 Å². The molecule has 0 aromatic rings. The second-order valence-electron chi connectivity index (χ2n) is 3.92. The van der Waals surface area contributed by atoms with Crippen molar-refractivity contribution in [2.24, 2.45) is 0 Å². The van der Waals surface area contributed by atoms with E-state index in [0.29, 0.717) is 25.9 Å². The van der Waals surface area contributed by atoms with Gasteiger partial charge >= 0.3 is 12.1 Å². The molecule has 0 aromatic carbocycles. The molecule has 0 atom stereocenters. The highest BCUT2D eigenvalue weighted by Gasteiger charge is 2.44. The van der Waals surface area contributed by atoms with Gasteiger partial charge in [-0.2, -0.15) is 13.2 Å². The van der Waals surface area contributed by atoms with Gasteiger partial charge in [0.2, 0.25) is 0 Å². The molecule has 1 aliphatic heterocycles. The van der Waals surface area contributed by atoms with Gasteiger partial charge in [0.15, 0.2) is 0 Å². The predicted octanol–water partition coefficient (Wildman–Crippen LogP) is 0.433. The molecular weight excluding hydrogens is 225 g/mol. The van der Waals surface area contributed by atoms with Gasteiger partial charge in [-0.3, -0.25) is 4.79 Å². The van der Waals surface area contributed by atoms with Gasteiger partial charge in [0, 0.05) is 7.11 Å². The molecule has 0 bridgehead atoms. The number of carbonyl (C=O) groups excluding carboxylic acids is 1. The van der Waals surface area contributed by atoms with Crippen molar-refractivity contribution in [3.05, 3.63) is 0 Å². The topological polar surface area (TPSA) is 50.4 Å². The number of alkyl halides is 3. The van der Waals surface area contributed by atoms with Gasteiger partial charge in [0.25, 0.3) is 0 Å². The van der Waals surface area contributed by atoms with Crippen LogP contribution >= 0.6 is 0 Å². The second kappa shape index (κ2) is 5.01. The number of methoxy groups -OCH3 is 1. The van der Waals surface area contributed by atoms with Crippen LogP contribution in [0.4, 0.5) is 13.2 Å². The monoisotopic (exact) mass is 240 g/mol. The predicted molar refractivity (Wildman–Crippen MR) is 50.9 cm³/mol. The minimum atomic E-state index is -4.84. The summed E-state index contributed by atoms with van der Waals surface area (Å²) in [6.07, 6.45) is -3.98. The van der Waals surface area contributed by atoms with Crippen molar-refractivity contribution < 1.29 is 22.7 Å². The van der Waals surface area contributed by atoms with Gasteiger partial charge in [0.1, 0.15) is 0 Å². The van der Waals surface area contributed by atoms with E-state index in [1.807, 2.05) is 5.32 Å². The Morgan fingerprint density at radius 1 is 1.44 bits per heavy atom. The molecule has 1 amide bonds. The van der Waals surface area contributed by atoms with Crippen LogP contribution in [0.1, 0.15) is 12.8 Å². The Morgan fingerprint density at radius 3 is 2.44 bits per heavy atom. The number of nitrogens with one attached hydrogen (secondary N) is 2. The van der Waals surface area contributed by atoms with Gasteiger partial charge in [0.05, 0.1) is 12.1 Å². The zero-order valence-electron chi connectivity index (χ0n) is 8.99. The second-order valence-corrected chi connectivity index (χ2v) is 3.92. The highest BCUT2D eigenvalue weighted by Crippen LogP contribution is 2.22. The molecular formula is C9H15F3N2O2. The highest BCUT2D eigenvalue weighted by molar-refractivity contribution is 5.82. The fourth-order valence-corrected chi connectivity index (χ4v) is 1.80. The maximum absolute atomic E-state index is 12.1. The molecule has 2 N–H and O–H groups in total. The zero-order valence-corrected chi connectivity index (χ0v) is 8.99. The van der Waals surface area contributed by atoms with E-state index in [1.54, 1.807) is 0 Å². The summed E-state index contributed by atoms with van der Waals surface area (Å²) in [6, 6.07) is 0. The molecule has 0 spiro atoms. The van der Waals surface area contributed by atoms with Crippen molar-refractivity contribution >= 4 is 5.91 Å². The van der Waals surface area contributed by atoms with Crippen LogP contribution in [0.3, 0.4) is 0 Å². The van der Waals surface area contributed by atoms with Gasteiger partial charge in [-0.05, 0) is 25.9 Å². The van der Waals surface area contributed by atoms with Crippen LogP contribution in [0, 0.1) is 0 Å². The fourth-order valence-electron chi connectivity index (χ4n) is 1.80. The third kappa shape index (κ3) is 3.34. The standard InChI is InChI=1S/C9H15F3N2O2/c1-16-6-8(2-4-13-5-3-8)14-7(15)9(10,11)12/h13H,2-6H2,1H3,(H,14,15). The Kier molecular flexibility index (Phi) is 4.15. The molecule has 94 valence electrons. The largest absolute Gasteiger partial charge is 0.471 e. The molecule has 1 aliphatic rings. The normalized spacial score (nSPS) is 20.5. The smallest absolute Gasteiger partial charge is 0.382 e. The van der Waals surface area contributed by atoms with Crippen molar-refractivity contribution in [1.82, 2.24) is 10.6 Å². The Balaban J connectivity index is 2.67. The maximum Gasteiger partial charge on any atom is 0.471 e. The first-order valence-electron chi connectivity index (χ1n) is 4.99. The lowest BCUT2D eigenvalue weighted by atomic mass is 9.89. The molecule has 1 fully saturated rings. The van der Waals surface area contributed by atoms with Crippen molar-refractivity contribution in [3.8, 4) is 0 Å². The number of hydrogen-bond donors (Lipinski definition) is 2. The molecule has 0 aliphatic carbocycles. The van der Waals surface area contributed by atoms with Crippen LogP contribution in [0.15, 0.2) is 0 Å². The molecule has 1 saturated heterocycles. The third-order valence-corrected chi connectivity index (χ3v) is 2.62. The van der Waals surface area contributed by atoms with Crippen LogP contribution in [0.2, 0.25) is 0 Å². The van der Waals surface area contributed by atoms with E-state index in [1.165, 1.54) is 7.11 Å². The Labute approximate surface area is 91.5 Å². The van der Waals surface area contributed by atoms with Crippen LogP contribution in [0.25, 0.3) is 0 Å². The summed E-state index contributed by atoms with van der Waals surface area (Å²) < 4.78 is 41.3. The van der Waals surface area contributed by atoms with E-state index in [2.05, 4.69) is 5.32 Å². The van der Waals surface area contributed by atoms with Crippen LogP contribution in [0.5, 0.6) is 0 Å². The average Bonchev–Trinajstić information content (AvgIpc) is 2.17. The maximum atomic E-state index is 12.1. The molecule has 4 nitrogen and oxygen atoms in total. The molecule has 16 heavy (non-hydrogen) atoms. The fraction of sp³-hybridized carbons (Fsp3) is 0.889. The lowest BCUT2D eigenvalue weighted by Crippen LogP contribution is -2.59. The Hall–Kier alpha value is -0.820. The third-order valence-electron chi connectivity index (χ3n) is 2.62. The van der Waals surface area contributed by atoms with Crippen LogP contribution in [-0.4, -0.2) is 44.4 Å². The first-order valence-corrected chi connectivity index (χ1v) is 4.99. The van der Waals surface area contributed by atoms with Gasteiger partial charge in [-0.15, -0.1) is 0 Å². The SMILES string of the molecule is COCC1(NC(=O)C(F)(F)F)CCNCC1. The number of carbonyl (C=O) groups is 1. The molecule has 0 saturated carbocycles. The lowest BCUT2D eigenvalue weighted by Gasteiger charge is -2.37. The van der Waals surface area contributed by atoms with Crippen molar-refractivity contribution in [1.29, 1.82) is 0 Å². The summed E-state index contributed by atoms with van der Waals surface area (Å²) >= 11 is 0. The Morgan fingerprint density at radius 2 is 2.00 bits per heavy atom. The first kappa shape index (κ1) is 13.2. The molecule has 7 heteroatoms. The van der Waals surface area contributed by atoms with Crippen molar-refractivity contribution in [2.45, 2.75) is 24.6 Å². The lowest BCUT2D eigenvalue weighted by molar-refractivity contribution is -0.176. The number of ether oxygens (including phenoxy) is 1. The number of piperidine rings is 1. The minimum Gasteiger partial charge on any atom is -0.382 e. The summed E-state index contributed by atoms with van der Waals surface area (Å²) in [4.78, 5) is 10.9. The summed E-state index contributed by atoms with van der Waals surface area (Å²) in [7, 11) is 1.41. The molecule has 0 aromatic heterocycles. The van der Waals surface area contributed by atoms with E-state index < -0.39 is 17.6 Å². The van der Waals surface area contributed by atoms with E-state index in [-0.39, 0.29) is 6.61 Å². The van der Waals surface area contributed by atoms with Crippen LogP contribution in [-0.2, 0) is 9.53 Å². The van der Waals surface area contributed by atoms with Gasteiger partial charge in [-0.25, -0.2) is 0 Å². The summed E-state index contributed by atoms with van der Waals surface area (Å²) in [5.74, 6) is -1.90. The zero-order chi connectivity index (χ0) is 12.2. The average molecular weight is 240 g/mol. The summed E-state index contributed by atoms with van der Waals surface area (Å²) in [5.41, 5.74) is -0.896. The van der Waals surface area contributed by atoms with E-state index in [9.17, 15) is 18.0 Å². The summed E-state index contributed by atoms with van der Waals surface area (Å²) in [6.45, 7) is 1.24. The van der Waals surface area contributed by atoms with Crippen molar-refractivity contribution in [2.75, 3.05) is 26.8 Å². The van der Waals surface area contributed by atoms with E-state index >= 15 is 0 Å². The number of hydrogen-bond acceptors (Lipinski definition) is 3. The van der Waals surface area contributed by atoms with Crippen LogP contribution < -0.4 is 10.6 Å². The van der Waals surface area contributed by atoms with Crippen molar-refractivity contribution in [3.63, 3.8) is 0 Å². The molecule has 1 rings (SSSR count). The Bertz CT molecular complexity index is 244.